The van der Waals surface area contributed by atoms with E-state index in [2.05, 4.69) is 10.6 Å². The fraction of sp³-hybridized carbons (Fsp3) is 0.350. The molecule has 7 heteroatoms. The van der Waals surface area contributed by atoms with Crippen molar-refractivity contribution in [3.05, 3.63) is 42.0 Å². The number of hydrogen-bond acceptors (Lipinski definition) is 5. The number of thiocarbonyl (C=S) groups is 1. The van der Waals surface area contributed by atoms with Crippen molar-refractivity contribution in [2.75, 3.05) is 39.8 Å². The lowest BCUT2D eigenvalue weighted by Gasteiger charge is -2.15. The summed E-state index contributed by atoms with van der Waals surface area (Å²) in [7, 11) is 4.87. The number of hydrogen-bond donors (Lipinski definition) is 2. The van der Waals surface area contributed by atoms with Crippen LogP contribution in [0.3, 0.4) is 0 Å². The van der Waals surface area contributed by atoms with Crippen LogP contribution >= 0.6 is 12.2 Å². The van der Waals surface area contributed by atoms with Crippen molar-refractivity contribution >= 4 is 23.0 Å². The molecule has 0 aliphatic carbocycles. The van der Waals surface area contributed by atoms with Crippen LogP contribution in [0.5, 0.6) is 23.0 Å². The zero-order valence-electron chi connectivity index (χ0n) is 16.1. The van der Waals surface area contributed by atoms with Gasteiger partial charge in [-0.3, -0.25) is 0 Å². The first kappa shape index (κ1) is 20.6. The molecule has 0 fully saturated rings. The van der Waals surface area contributed by atoms with Crippen LogP contribution in [0, 0.1) is 0 Å². The Labute approximate surface area is 165 Å². The molecule has 0 amide bonds. The van der Waals surface area contributed by atoms with Gasteiger partial charge in [-0.25, -0.2) is 0 Å². The minimum atomic E-state index is 0.513. The fourth-order valence-electron chi connectivity index (χ4n) is 2.54. The molecule has 146 valence electrons. The van der Waals surface area contributed by atoms with Gasteiger partial charge in [0.05, 0.1) is 33.6 Å². The molecule has 0 spiro atoms. The van der Waals surface area contributed by atoms with Gasteiger partial charge < -0.3 is 29.6 Å². The van der Waals surface area contributed by atoms with Crippen molar-refractivity contribution < 1.29 is 18.9 Å². The Morgan fingerprint density at radius 3 is 2.33 bits per heavy atom. The summed E-state index contributed by atoms with van der Waals surface area (Å²) in [4.78, 5) is 0. The maximum atomic E-state index is 5.54. The smallest absolute Gasteiger partial charge is 0.170 e. The molecule has 0 atom stereocenters. The molecule has 0 aliphatic heterocycles. The average molecular weight is 391 g/mol. The van der Waals surface area contributed by atoms with Gasteiger partial charge in [-0.15, -0.1) is 0 Å². The standard InChI is InChI=1S/C20H26N2O4S/c1-5-26-18-8-6-14(12-19(18)25-4)10-11-21-20(27)22-16-13-15(23-2)7-9-17(16)24-3/h6-9,12-13H,5,10-11H2,1-4H3,(H2,21,22,27). The number of nitrogens with one attached hydrogen (secondary N) is 2. The highest BCUT2D eigenvalue weighted by atomic mass is 32.1. The summed E-state index contributed by atoms with van der Waals surface area (Å²) in [5, 5.41) is 6.85. The predicted octanol–water partition coefficient (Wildman–Crippen LogP) is 3.64. The van der Waals surface area contributed by atoms with E-state index in [1.807, 2.05) is 43.3 Å². The average Bonchev–Trinajstić information content (AvgIpc) is 2.69. The molecule has 2 aromatic rings. The van der Waals surface area contributed by atoms with Crippen LogP contribution in [-0.2, 0) is 6.42 Å². The third-order valence-electron chi connectivity index (χ3n) is 3.88. The largest absolute Gasteiger partial charge is 0.497 e. The van der Waals surface area contributed by atoms with Crippen molar-refractivity contribution in [2.45, 2.75) is 13.3 Å². The second-order valence-electron chi connectivity index (χ2n) is 5.62. The first-order chi connectivity index (χ1) is 13.1. The zero-order valence-corrected chi connectivity index (χ0v) is 16.9. The molecule has 0 aliphatic rings. The van der Waals surface area contributed by atoms with Crippen LogP contribution in [0.1, 0.15) is 12.5 Å². The highest BCUT2D eigenvalue weighted by Gasteiger charge is 2.08. The van der Waals surface area contributed by atoms with Gasteiger partial charge in [0.2, 0.25) is 0 Å². The van der Waals surface area contributed by atoms with E-state index < -0.39 is 0 Å². The zero-order chi connectivity index (χ0) is 19.6. The Hall–Kier alpha value is -2.67. The van der Waals surface area contributed by atoms with Crippen molar-refractivity contribution in [2.24, 2.45) is 0 Å². The minimum Gasteiger partial charge on any atom is -0.497 e. The van der Waals surface area contributed by atoms with Crippen molar-refractivity contribution in [1.29, 1.82) is 0 Å². The van der Waals surface area contributed by atoms with Gasteiger partial charge in [-0.05, 0) is 55.4 Å². The molecule has 0 heterocycles. The van der Waals surface area contributed by atoms with Crippen molar-refractivity contribution in [3.63, 3.8) is 0 Å². The Morgan fingerprint density at radius 2 is 1.67 bits per heavy atom. The lowest BCUT2D eigenvalue weighted by atomic mass is 10.1. The number of rotatable bonds is 9. The Bertz CT molecular complexity index is 768. The van der Waals surface area contributed by atoms with Crippen LogP contribution in [0.15, 0.2) is 36.4 Å². The topological polar surface area (TPSA) is 61.0 Å². The summed E-state index contributed by atoms with van der Waals surface area (Å²) in [5.41, 5.74) is 1.88. The molecule has 2 N–H and O–H groups in total. The van der Waals surface area contributed by atoms with Gasteiger partial charge in [0, 0.05) is 12.6 Å². The molecule has 0 saturated heterocycles. The second-order valence-corrected chi connectivity index (χ2v) is 6.02. The Kier molecular flexibility index (Phi) is 8.00. The van der Waals surface area contributed by atoms with Gasteiger partial charge in [0.1, 0.15) is 11.5 Å². The summed E-state index contributed by atoms with van der Waals surface area (Å²) < 4.78 is 21.5. The lowest BCUT2D eigenvalue weighted by molar-refractivity contribution is 0.310. The van der Waals surface area contributed by atoms with E-state index >= 15 is 0 Å². The van der Waals surface area contributed by atoms with Crippen molar-refractivity contribution in [1.82, 2.24) is 5.32 Å². The van der Waals surface area contributed by atoms with Gasteiger partial charge in [0.25, 0.3) is 0 Å². The third kappa shape index (κ3) is 5.92. The highest BCUT2D eigenvalue weighted by molar-refractivity contribution is 7.80. The first-order valence-corrected chi connectivity index (χ1v) is 9.08. The predicted molar refractivity (Wildman–Crippen MR) is 112 cm³/mol. The summed E-state index contributed by atoms with van der Waals surface area (Å²) in [6.07, 6.45) is 0.791. The number of ether oxygens (including phenoxy) is 4. The molecule has 0 bridgehead atoms. The SMILES string of the molecule is CCOc1ccc(CCNC(=S)Nc2cc(OC)ccc2OC)cc1OC. The van der Waals surface area contributed by atoms with Crippen molar-refractivity contribution in [3.8, 4) is 23.0 Å². The molecule has 6 nitrogen and oxygen atoms in total. The first-order valence-electron chi connectivity index (χ1n) is 8.67. The fourth-order valence-corrected chi connectivity index (χ4v) is 2.75. The van der Waals surface area contributed by atoms with E-state index in [1.165, 1.54) is 0 Å². The van der Waals surface area contributed by atoms with Crippen LogP contribution in [-0.4, -0.2) is 39.6 Å². The third-order valence-corrected chi connectivity index (χ3v) is 4.13. The molecular formula is C20H26N2O4S. The van der Waals surface area contributed by atoms with Gasteiger partial charge in [0.15, 0.2) is 16.6 Å². The molecule has 0 radical (unpaired) electrons. The summed E-state index contributed by atoms with van der Waals surface area (Å²) >= 11 is 5.38. The summed E-state index contributed by atoms with van der Waals surface area (Å²) in [5.74, 6) is 2.90. The number of anilines is 1. The van der Waals surface area contributed by atoms with E-state index in [1.54, 1.807) is 21.3 Å². The molecular weight excluding hydrogens is 364 g/mol. The highest BCUT2D eigenvalue weighted by Crippen LogP contribution is 2.29. The maximum absolute atomic E-state index is 5.54. The van der Waals surface area contributed by atoms with Crippen LogP contribution in [0.25, 0.3) is 0 Å². The van der Waals surface area contributed by atoms with Gasteiger partial charge >= 0.3 is 0 Å². The molecule has 0 aromatic heterocycles. The number of methoxy groups -OCH3 is 3. The minimum absolute atomic E-state index is 0.513. The monoisotopic (exact) mass is 390 g/mol. The summed E-state index contributed by atoms with van der Waals surface area (Å²) in [6, 6.07) is 11.4. The van der Waals surface area contributed by atoms with Crippen LogP contribution in [0.4, 0.5) is 5.69 Å². The Morgan fingerprint density at radius 1 is 0.926 bits per heavy atom. The molecule has 0 unspecified atom stereocenters. The quantitative estimate of drug-likeness (QED) is 0.634. The molecule has 2 aromatic carbocycles. The number of benzene rings is 2. The van der Waals surface area contributed by atoms with Crippen LogP contribution in [0.2, 0.25) is 0 Å². The summed E-state index contributed by atoms with van der Waals surface area (Å²) in [6.45, 7) is 3.22. The van der Waals surface area contributed by atoms with Gasteiger partial charge in [-0.2, -0.15) is 0 Å². The second kappa shape index (κ2) is 10.5. The normalized spacial score (nSPS) is 10.1. The van der Waals surface area contributed by atoms with E-state index in [0.717, 1.165) is 34.9 Å². The van der Waals surface area contributed by atoms with Gasteiger partial charge in [-0.1, -0.05) is 6.07 Å². The van der Waals surface area contributed by atoms with Crippen LogP contribution < -0.4 is 29.6 Å². The Balaban J connectivity index is 1.91. The van der Waals surface area contributed by atoms with E-state index in [0.29, 0.717) is 24.0 Å². The lowest BCUT2D eigenvalue weighted by Crippen LogP contribution is -2.30. The molecule has 2 rings (SSSR count). The van der Waals surface area contributed by atoms with E-state index in [9.17, 15) is 0 Å². The van der Waals surface area contributed by atoms with E-state index in [4.69, 9.17) is 31.2 Å². The molecule has 27 heavy (non-hydrogen) atoms. The molecule has 0 saturated carbocycles. The van der Waals surface area contributed by atoms with E-state index in [-0.39, 0.29) is 0 Å². The maximum Gasteiger partial charge on any atom is 0.170 e.